The van der Waals surface area contributed by atoms with Gasteiger partial charge < -0.3 is 9.47 Å². The van der Waals surface area contributed by atoms with E-state index in [4.69, 9.17) is 4.98 Å². The third-order valence-electron chi connectivity index (χ3n) is 6.81. The number of carbonyl (C=O) groups excluding carboxylic acids is 1. The van der Waals surface area contributed by atoms with Crippen molar-refractivity contribution in [2.45, 2.75) is 45.3 Å². The molecular weight excluding hydrogens is 406 g/mol. The van der Waals surface area contributed by atoms with Crippen molar-refractivity contribution in [3.05, 3.63) is 70.7 Å². The lowest BCUT2D eigenvalue weighted by Crippen LogP contribution is -2.39. The molecule has 0 radical (unpaired) electrons. The number of hydrogen-bond acceptors (Lipinski definition) is 5. The predicted octanol–water partition coefficient (Wildman–Crippen LogP) is 3.94. The van der Waals surface area contributed by atoms with Crippen LogP contribution in [0.1, 0.15) is 49.0 Å². The summed E-state index contributed by atoms with van der Waals surface area (Å²) < 4.78 is 2.15. The van der Waals surface area contributed by atoms with Crippen molar-refractivity contribution < 1.29 is 4.79 Å². The van der Waals surface area contributed by atoms with Crippen LogP contribution in [0.5, 0.6) is 0 Å². The van der Waals surface area contributed by atoms with Crippen LogP contribution in [0.25, 0.3) is 0 Å². The van der Waals surface area contributed by atoms with Crippen molar-refractivity contribution in [3.63, 3.8) is 0 Å². The van der Waals surface area contributed by atoms with Gasteiger partial charge >= 0.3 is 0 Å². The fourth-order valence-electron chi connectivity index (χ4n) is 5.15. The smallest absolute Gasteiger partial charge is 0.231 e. The van der Waals surface area contributed by atoms with E-state index in [0.29, 0.717) is 12.6 Å². The van der Waals surface area contributed by atoms with Crippen molar-refractivity contribution in [1.82, 2.24) is 24.3 Å². The number of carbonyl (C=O) groups is 1. The van der Waals surface area contributed by atoms with Gasteiger partial charge in [-0.15, -0.1) is 0 Å². The highest BCUT2D eigenvalue weighted by atomic mass is 32.1. The topological polar surface area (TPSA) is 54.3 Å². The van der Waals surface area contributed by atoms with Gasteiger partial charge in [-0.25, -0.2) is 4.98 Å². The van der Waals surface area contributed by atoms with E-state index in [0.717, 1.165) is 43.9 Å². The first kappa shape index (κ1) is 20.4. The quantitative estimate of drug-likeness (QED) is 0.589. The van der Waals surface area contributed by atoms with Gasteiger partial charge in [-0.1, -0.05) is 6.07 Å². The van der Waals surface area contributed by atoms with Crippen LogP contribution in [0, 0.1) is 5.41 Å². The van der Waals surface area contributed by atoms with Crippen LogP contribution in [0.4, 0.5) is 0 Å². The van der Waals surface area contributed by atoms with E-state index in [-0.39, 0.29) is 11.8 Å². The van der Waals surface area contributed by atoms with Crippen LogP contribution in [0.3, 0.4) is 0 Å². The second-order valence-corrected chi connectivity index (χ2v) is 9.97. The van der Waals surface area contributed by atoms with Crippen molar-refractivity contribution in [3.8, 4) is 0 Å². The number of imidazole rings is 1. The fourth-order valence-corrected chi connectivity index (χ4v) is 5.81. The normalized spacial score (nSPS) is 24.2. The Morgan fingerprint density at radius 2 is 2.16 bits per heavy atom. The molecule has 1 spiro atoms. The molecule has 0 aromatic carbocycles. The monoisotopic (exact) mass is 435 g/mol. The van der Waals surface area contributed by atoms with Crippen LogP contribution in [-0.4, -0.2) is 49.9 Å². The Balaban J connectivity index is 1.43. The van der Waals surface area contributed by atoms with Crippen LogP contribution >= 0.6 is 11.3 Å². The molecule has 31 heavy (non-hydrogen) atoms. The first-order valence-corrected chi connectivity index (χ1v) is 11.9. The van der Waals surface area contributed by atoms with Crippen molar-refractivity contribution in [1.29, 1.82) is 0 Å². The van der Waals surface area contributed by atoms with Gasteiger partial charge in [0.25, 0.3) is 0 Å². The molecule has 6 nitrogen and oxygen atoms in total. The van der Waals surface area contributed by atoms with Gasteiger partial charge in [-0.05, 0) is 54.3 Å². The summed E-state index contributed by atoms with van der Waals surface area (Å²) in [6.07, 6.45) is 8.59. The number of likely N-dealkylation sites (tertiary alicyclic amines) is 2. The van der Waals surface area contributed by atoms with Crippen LogP contribution < -0.4 is 0 Å². The SMILES string of the molecule is CC(C)n1cnc([C@@H]2CN(Cc3ccsc3)C[C@@]23CCN(Cc2cccnc2)C3=O)c1. The second kappa shape index (κ2) is 8.20. The molecule has 1 amide bonds. The van der Waals surface area contributed by atoms with Gasteiger partial charge in [0, 0.05) is 63.3 Å². The Labute approximate surface area is 187 Å². The maximum atomic E-state index is 13.9. The highest BCUT2D eigenvalue weighted by Gasteiger charge is 2.57. The van der Waals surface area contributed by atoms with Crippen molar-refractivity contribution >= 4 is 17.2 Å². The summed E-state index contributed by atoms with van der Waals surface area (Å²) in [7, 11) is 0. The molecular formula is C24H29N5OS. The van der Waals surface area contributed by atoms with Crippen molar-refractivity contribution in [2.75, 3.05) is 19.6 Å². The molecule has 2 fully saturated rings. The molecule has 0 N–H and O–H groups in total. The summed E-state index contributed by atoms with van der Waals surface area (Å²) in [5, 5.41) is 4.33. The van der Waals surface area contributed by atoms with E-state index in [1.54, 1.807) is 17.5 Å². The van der Waals surface area contributed by atoms with Gasteiger partial charge in [0.2, 0.25) is 5.91 Å². The summed E-state index contributed by atoms with van der Waals surface area (Å²) in [6.45, 7) is 8.31. The molecule has 5 rings (SSSR count). The molecule has 2 atom stereocenters. The second-order valence-electron chi connectivity index (χ2n) is 9.19. The molecule has 3 aromatic heterocycles. The molecule has 3 aromatic rings. The van der Waals surface area contributed by atoms with Crippen LogP contribution in [0.2, 0.25) is 0 Å². The lowest BCUT2D eigenvalue weighted by Gasteiger charge is -2.28. The summed E-state index contributed by atoms with van der Waals surface area (Å²) in [4.78, 5) is 27.3. The molecule has 2 aliphatic rings. The Hall–Kier alpha value is -2.51. The number of aromatic nitrogens is 3. The maximum Gasteiger partial charge on any atom is 0.231 e. The molecule has 162 valence electrons. The Morgan fingerprint density at radius 1 is 1.26 bits per heavy atom. The molecule has 0 unspecified atom stereocenters. The lowest BCUT2D eigenvalue weighted by molar-refractivity contribution is -0.136. The fraction of sp³-hybridized carbons (Fsp3) is 0.458. The minimum Gasteiger partial charge on any atom is -0.338 e. The third kappa shape index (κ3) is 3.81. The van der Waals surface area contributed by atoms with E-state index < -0.39 is 5.41 Å². The number of pyridine rings is 1. The number of amides is 1. The molecule has 0 bridgehead atoms. The van der Waals surface area contributed by atoms with E-state index >= 15 is 0 Å². The highest BCUT2D eigenvalue weighted by Crippen LogP contribution is 2.50. The molecule has 2 saturated heterocycles. The summed E-state index contributed by atoms with van der Waals surface area (Å²) in [5.74, 6) is 0.394. The van der Waals surface area contributed by atoms with E-state index in [2.05, 4.69) is 51.3 Å². The zero-order valence-electron chi connectivity index (χ0n) is 18.1. The van der Waals surface area contributed by atoms with Crippen molar-refractivity contribution in [2.24, 2.45) is 5.41 Å². The molecule has 5 heterocycles. The highest BCUT2D eigenvalue weighted by molar-refractivity contribution is 7.07. The summed E-state index contributed by atoms with van der Waals surface area (Å²) in [5.41, 5.74) is 3.07. The minimum absolute atomic E-state index is 0.123. The van der Waals surface area contributed by atoms with Crippen LogP contribution in [0.15, 0.2) is 53.9 Å². The van der Waals surface area contributed by atoms with E-state index in [1.807, 2.05) is 29.6 Å². The summed E-state index contributed by atoms with van der Waals surface area (Å²) >= 11 is 1.73. The van der Waals surface area contributed by atoms with E-state index in [1.165, 1.54) is 5.56 Å². The number of hydrogen-bond donors (Lipinski definition) is 0. The molecule has 7 heteroatoms. The first-order valence-electron chi connectivity index (χ1n) is 11.0. The van der Waals surface area contributed by atoms with Gasteiger partial charge in [0.1, 0.15) is 0 Å². The number of nitrogens with zero attached hydrogens (tertiary/aromatic N) is 5. The lowest BCUT2D eigenvalue weighted by atomic mass is 9.75. The molecule has 0 aliphatic carbocycles. The molecule has 0 saturated carbocycles. The minimum atomic E-state index is -0.394. The Kier molecular flexibility index (Phi) is 5.40. The van der Waals surface area contributed by atoms with Gasteiger partial charge in [0.05, 0.1) is 17.4 Å². The Morgan fingerprint density at radius 3 is 2.87 bits per heavy atom. The number of rotatable bonds is 6. The van der Waals surface area contributed by atoms with Gasteiger partial charge in [0.15, 0.2) is 0 Å². The zero-order valence-corrected chi connectivity index (χ0v) is 19.0. The average Bonchev–Trinajstić information content (AvgIpc) is 3.55. The molecule has 2 aliphatic heterocycles. The van der Waals surface area contributed by atoms with Crippen LogP contribution in [-0.2, 0) is 17.9 Å². The zero-order chi connectivity index (χ0) is 21.4. The average molecular weight is 436 g/mol. The maximum absolute atomic E-state index is 13.9. The van der Waals surface area contributed by atoms with E-state index in [9.17, 15) is 4.79 Å². The first-order chi connectivity index (χ1) is 15.0. The largest absolute Gasteiger partial charge is 0.338 e. The standard InChI is InChI=1S/C24H29N5OS/c1-18(2)29-14-22(26-17-29)21-13-27(11-20-5-9-31-15-20)16-24(21)6-8-28(23(24)30)12-19-4-3-7-25-10-19/h3-5,7,9-10,14-15,17-18,21H,6,8,11-13,16H2,1-2H3/t21-,24-/m0/s1. The summed E-state index contributed by atoms with van der Waals surface area (Å²) in [6, 6.07) is 6.53. The van der Waals surface area contributed by atoms with Gasteiger partial charge in [-0.2, -0.15) is 11.3 Å². The van der Waals surface area contributed by atoms with Gasteiger partial charge in [-0.3, -0.25) is 14.7 Å². The third-order valence-corrected chi connectivity index (χ3v) is 7.54. The Bertz CT molecular complexity index is 1030. The predicted molar refractivity (Wildman–Crippen MR) is 122 cm³/mol. The number of thiophene rings is 1.